The van der Waals surface area contributed by atoms with Crippen molar-refractivity contribution in [2.24, 2.45) is 0 Å². The maximum absolute atomic E-state index is 10.2. The van der Waals surface area contributed by atoms with Gasteiger partial charge in [0.2, 0.25) is 0 Å². The SMILES string of the molecule is COc1ccc([C@@H](O)CNc2ccccn2)cc1OC. The minimum absolute atomic E-state index is 0.368. The average Bonchev–Trinajstić information content (AvgIpc) is 2.52. The maximum Gasteiger partial charge on any atom is 0.161 e. The van der Waals surface area contributed by atoms with Crippen molar-refractivity contribution in [1.29, 1.82) is 0 Å². The van der Waals surface area contributed by atoms with E-state index in [1.165, 1.54) is 0 Å². The molecule has 0 fully saturated rings. The van der Waals surface area contributed by atoms with E-state index in [0.29, 0.717) is 18.0 Å². The van der Waals surface area contributed by atoms with Crippen LogP contribution in [0.1, 0.15) is 11.7 Å². The van der Waals surface area contributed by atoms with Gasteiger partial charge in [0.15, 0.2) is 11.5 Å². The number of nitrogens with zero attached hydrogens (tertiary/aromatic N) is 1. The van der Waals surface area contributed by atoms with Gasteiger partial charge in [-0.25, -0.2) is 4.98 Å². The van der Waals surface area contributed by atoms with Gasteiger partial charge in [-0.2, -0.15) is 0 Å². The number of aromatic nitrogens is 1. The van der Waals surface area contributed by atoms with Crippen molar-refractivity contribution < 1.29 is 14.6 Å². The summed E-state index contributed by atoms with van der Waals surface area (Å²) < 4.78 is 10.4. The molecule has 0 radical (unpaired) electrons. The first-order valence-electron chi connectivity index (χ1n) is 6.29. The van der Waals surface area contributed by atoms with Gasteiger partial charge < -0.3 is 19.9 Å². The summed E-state index contributed by atoms with van der Waals surface area (Å²) in [5, 5.41) is 13.3. The second-order valence-electron chi connectivity index (χ2n) is 4.23. The van der Waals surface area contributed by atoms with Gasteiger partial charge >= 0.3 is 0 Å². The molecular formula is C15H18N2O3. The monoisotopic (exact) mass is 274 g/mol. The van der Waals surface area contributed by atoms with Crippen molar-refractivity contribution in [2.45, 2.75) is 6.10 Å². The number of hydrogen-bond acceptors (Lipinski definition) is 5. The molecule has 0 amide bonds. The largest absolute Gasteiger partial charge is 0.493 e. The fourth-order valence-electron chi connectivity index (χ4n) is 1.85. The third-order valence-electron chi connectivity index (χ3n) is 2.93. The van der Waals surface area contributed by atoms with Crippen molar-refractivity contribution in [3.63, 3.8) is 0 Å². The van der Waals surface area contributed by atoms with E-state index in [1.54, 1.807) is 32.5 Å². The normalized spacial score (nSPS) is 11.8. The zero-order valence-corrected chi connectivity index (χ0v) is 11.5. The lowest BCUT2D eigenvalue weighted by molar-refractivity contribution is 0.191. The van der Waals surface area contributed by atoms with Gasteiger partial charge in [-0.3, -0.25) is 0 Å². The fraction of sp³-hybridized carbons (Fsp3) is 0.267. The molecule has 0 aliphatic heterocycles. The predicted molar refractivity (Wildman–Crippen MR) is 77.2 cm³/mol. The zero-order chi connectivity index (χ0) is 14.4. The first kappa shape index (κ1) is 14.1. The van der Waals surface area contributed by atoms with Gasteiger partial charge in [0.05, 0.1) is 20.3 Å². The smallest absolute Gasteiger partial charge is 0.161 e. The summed E-state index contributed by atoms with van der Waals surface area (Å²) in [6.07, 6.45) is 1.04. The summed E-state index contributed by atoms with van der Waals surface area (Å²) in [6.45, 7) is 0.368. The van der Waals surface area contributed by atoms with E-state index in [-0.39, 0.29) is 0 Å². The van der Waals surface area contributed by atoms with Gasteiger partial charge in [-0.1, -0.05) is 12.1 Å². The molecule has 2 rings (SSSR count). The number of aliphatic hydroxyl groups excluding tert-OH is 1. The molecule has 1 atom stereocenters. The molecule has 1 aromatic carbocycles. The van der Waals surface area contributed by atoms with Gasteiger partial charge in [0.25, 0.3) is 0 Å². The number of aliphatic hydroxyl groups is 1. The van der Waals surface area contributed by atoms with E-state index in [4.69, 9.17) is 9.47 Å². The Kier molecular flexibility index (Phi) is 4.79. The molecule has 0 saturated carbocycles. The quantitative estimate of drug-likeness (QED) is 0.846. The van der Waals surface area contributed by atoms with Crippen LogP contribution in [0.5, 0.6) is 11.5 Å². The summed E-state index contributed by atoms with van der Waals surface area (Å²) in [7, 11) is 3.15. The van der Waals surface area contributed by atoms with Crippen LogP contribution in [0.3, 0.4) is 0 Å². The van der Waals surface area contributed by atoms with Crippen LogP contribution < -0.4 is 14.8 Å². The Morgan fingerprint density at radius 1 is 1.15 bits per heavy atom. The number of methoxy groups -OCH3 is 2. The summed E-state index contributed by atoms with van der Waals surface area (Å²) >= 11 is 0. The number of benzene rings is 1. The summed E-state index contributed by atoms with van der Waals surface area (Å²) in [4.78, 5) is 4.14. The molecule has 5 nitrogen and oxygen atoms in total. The van der Waals surface area contributed by atoms with Crippen LogP contribution >= 0.6 is 0 Å². The molecule has 0 saturated heterocycles. The van der Waals surface area contributed by atoms with E-state index in [9.17, 15) is 5.11 Å². The average molecular weight is 274 g/mol. The van der Waals surface area contributed by atoms with Gasteiger partial charge in [0.1, 0.15) is 5.82 Å². The van der Waals surface area contributed by atoms with Crippen LogP contribution in [0.25, 0.3) is 0 Å². The topological polar surface area (TPSA) is 63.6 Å². The number of ether oxygens (including phenoxy) is 2. The number of anilines is 1. The molecule has 0 aliphatic rings. The molecule has 0 unspecified atom stereocenters. The van der Waals surface area contributed by atoms with E-state index >= 15 is 0 Å². The fourth-order valence-corrected chi connectivity index (χ4v) is 1.85. The van der Waals surface area contributed by atoms with Crippen molar-refractivity contribution in [2.75, 3.05) is 26.1 Å². The molecule has 2 aromatic rings. The van der Waals surface area contributed by atoms with Crippen LogP contribution in [-0.4, -0.2) is 30.9 Å². The lowest BCUT2D eigenvalue weighted by Crippen LogP contribution is -2.13. The van der Waals surface area contributed by atoms with E-state index in [1.807, 2.05) is 24.3 Å². The standard InChI is InChI=1S/C15H18N2O3/c1-19-13-7-6-11(9-14(13)20-2)12(18)10-17-15-5-3-4-8-16-15/h3-9,12,18H,10H2,1-2H3,(H,16,17)/t12-/m0/s1. The first-order valence-corrected chi connectivity index (χ1v) is 6.29. The lowest BCUT2D eigenvalue weighted by atomic mass is 10.1. The molecule has 2 N–H and O–H groups in total. The van der Waals surface area contributed by atoms with E-state index in [0.717, 1.165) is 11.4 Å². The Balaban J connectivity index is 2.03. The molecule has 1 heterocycles. The van der Waals surface area contributed by atoms with Gasteiger partial charge in [0, 0.05) is 12.7 Å². The minimum atomic E-state index is -0.656. The highest BCUT2D eigenvalue weighted by molar-refractivity contribution is 5.44. The van der Waals surface area contributed by atoms with Crippen LogP contribution in [0.2, 0.25) is 0 Å². The molecular weight excluding hydrogens is 256 g/mol. The van der Waals surface area contributed by atoms with Gasteiger partial charge in [-0.05, 0) is 29.8 Å². The Morgan fingerprint density at radius 2 is 1.95 bits per heavy atom. The Bertz CT molecular complexity index is 546. The number of rotatable bonds is 6. The highest BCUT2D eigenvalue weighted by Gasteiger charge is 2.11. The number of hydrogen-bond donors (Lipinski definition) is 2. The predicted octanol–water partition coefficient (Wildman–Crippen LogP) is 2.24. The van der Waals surface area contributed by atoms with Crippen LogP contribution in [-0.2, 0) is 0 Å². The molecule has 20 heavy (non-hydrogen) atoms. The first-order chi connectivity index (χ1) is 9.74. The summed E-state index contributed by atoms with van der Waals surface area (Å²) in [5.74, 6) is 1.97. The molecule has 0 spiro atoms. The van der Waals surface area contributed by atoms with E-state index < -0.39 is 6.10 Å². The zero-order valence-electron chi connectivity index (χ0n) is 11.5. The maximum atomic E-state index is 10.2. The van der Waals surface area contributed by atoms with Gasteiger partial charge in [-0.15, -0.1) is 0 Å². The van der Waals surface area contributed by atoms with Crippen LogP contribution in [0.4, 0.5) is 5.82 Å². The van der Waals surface area contributed by atoms with E-state index in [2.05, 4.69) is 10.3 Å². The second-order valence-corrected chi connectivity index (χ2v) is 4.23. The molecule has 1 aromatic heterocycles. The number of pyridine rings is 1. The van der Waals surface area contributed by atoms with Crippen molar-refractivity contribution >= 4 is 5.82 Å². The van der Waals surface area contributed by atoms with Crippen LogP contribution in [0, 0.1) is 0 Å². The third kappa shape index (κ3) is 3.39. The van der Waals surface area contributed by atoms with Crippen molar-refractivity contribution in [3.05, 3.63) is 48.2 Å². The molecule has 0 bridgehead atoms. The van der Waals surface area contributed by atoms with Crippen molar-refractivity contribution in [1.82, 2.24) is 4.98 Å². The third-order valence-corrected chi connectivity index (χ3v) is 2.93. The highest BCUT2D eigenvalue weighted by atomic mass is 16.5. The van der Waals surface area contributed by atoms with Crippen molar-refractivity contribution in [3.8, 4) is 11.5 Å². The Labute approximate surface area is 118 Å². The lowest BCUT2D eigenvalue weighted by Gasteiger charge is -2.15. The minimum Gasteiger partial charge on any atom is -0.493 e. The second kappa shape index (κ2) is 6.77. The molecule has 5 heteroatoms. The summed E-state index contributed by atoms with van der Waals surface area (Å²) in [5.41, 5.74) is 0.756. The summed E-state index contributed by atoms with van der Waals surface area (Å²) in [6, 6.07) is 10.9. The highest BCUT2D eigenvalue weighted by Crippen LogP contribution is 2.29. The Hall–Kier alpha value is -2.27. The molecule has 106 valence electrons. The number of nitrogens with one attached hydrogen (secondary N) is 1. The van der Waals surface area contributed by atoms with Crippen LogP contribution in [0.15, 0.2) is 42.6 Å². The Morgan fingerprint density at radius 3 is 2.60 bits per heavy atom. The molecule has 0 aliphatic carbocycles.